The fourth-order valence-electron chi connectivity index (χ4n) is 4.71. The van der Waals surface area contributed by atoms with Gasteiger partial charge in [-0.3, -0.25) is 9.48 Å². The van der Waals surface area contributed by atoms with Crippen LogP contribution >= 0.6 is 0 Å². The molecule has 188 valence electrons. The summed E-state index contributed by atoms with van der Waals surface area (Å²) >= 11 is 0. The minimum absolute atomic E-state index is 0.0830. The van der Waals surface area contributed by atoms with E-state index in [9.17, 15) is 9.90 Å². The van der Waals surface area contributed by atoms with Crippen LogP contribution in [0.4, 0.5) is 0 Å². The third-order valence-electron chi connectivity index (χ3n) is 6.62. The number of aromatic nitrogens is 5. The first kappa shape index (κ1) is 24.1. The van der Waals surface area contributed by atoms with E-state index in [-0.39, 0.29) is 17.7 Å². The largest absolute Gasteiger partial charge is 0.507 e. The van der Waals surface area contributed by atoms with Gasteiger partial charge in [0.25, 0.3) is 5.91 Å². The number of aromatic amines is 1. The van der Waals surface area contributed by atoms with Crippen LogP contribution in [0.3, 0.4) is 0 Å². The zero-order valence-corrected chi connectivity index (χ0v) is 21.3. The van der Waals surface area contributed by atoms with Crippen molar-refractivity contribution in [3.05, 3.63) is 77.2 Å². The highest BCUT2D eigenvalue weighted by atomic mass is 16.5. The number of benzene rings is 2. The number of aromatic hydroxyl groups is 1. The summed E-state index contributed by atoms with van der Waals surface area (Å²) in [5, 5.41) is 18.1. The van der Waals surface area contributed by atoms with Crippen LogP contribution in [0, 0.1) is 13.8 Å². The number of imidazole rings is 1. The Balaban J connectivity index is 1.45. The molecule has 1 atom stereocenters. The monoisotopic (exact) mass is 496 g/mol. The Hall–Kier alpha value is -4.66. The van der Waals surface area contributed by atoms with E-state index in [1.54, 1.807) is 43.6 Å². The van der Waals surface area contributed by atoms with E-state index in [0.717, 1.165) is 28.1 Å². The lowest BCUT2D eigenvalue weighted by Gasteiger charge is -2.15. The van der Waals surface area contributed by atoms with Gasteiger partial charge in [-0.1, -0.05) is 6.07 Å². The Morgan fingerprint density at radius 3 is 2.68 bits per heavy atom. The normalized spacial score (nSPS) is 12.0. The number of carbonyl (C=O) groups is 1. The van der Waals surface area contributed by atoms with Gasteiger partial charge < -0.3 is 20.1 Å². The predicted octanol–water partition coefficient (Wildman–Crippen LogP) is 4.85. The van der Waals surface area contributed by atoms with Crippen molar-refractivity contribution in [2.45, 2.75) is 26.8 Å². The molecule has 3 aromatic heterocycles. The number of aryl methyl sites for hydroxylation is 2. The van der Waals surface area contributed by atoms with Crippen LogP contribution < -0.4 is 10.1 Å². The molecule has 0 saturated carbocycles. The van der Waals surface area contributed by atoms with Crippen molar-refractivity contribution in [1.82, 2.24) is 30.0 Å². The van der Waals surface area contributed by atoms with Crippen molar-refractivity contribution in [1.29, 1.82) is 0 Å². The fraction of sp³-hybridized carbons (Fsp3) is 0.214. The van der Waals surface area contributed by atoms with E-state index in [0.29, 0.717) is 33.9 Å². The Labute approximate surface area is 214 Å². The molecular weight excluding hydrogens is 468 g/mol. The van der Waals surface area contributed by atoms with Gasteiger partial charge in [-0.25, -0.2) is 9.97 Å². The highest BCUT2D eigenvalue weighted by molar-refractivity contribution is 5.98. The van der Waals surface area contributed by atoms with Crippen LogP contribution in [0.25, 0.3) is 33.5 Å². The smallest absolute Gasteiger partial charge is 0.251 e. The highest BCUT2D eigenvalue weighted by Gasteiger charge is 2.20. The van der Waals surface area contributed by atoms with Gasteiger partial charge in [-0.2, -0.15) is 5.10 Å². The maximum absolute atomic E-state index is 13.1. The standard InChI is InChI=1S/C28H28N6O3/c1-15(25-16(2)33-34(4)17(25)3)30-27(36)19-8-10-22-23(14-19)32-26(31-22)21-13-18(9-11-24(21)35)20-7-6-12-29-28(20)37-5/h6-15,35H,1-5H3,(H,30,36)(H,31,32). The van der Waals surface area contributed by atoms with E-state index < -0.39 is 0 Å². The number of nitrogens with one attached hydrogen (secondary N) is 2. The first-order valence-electron chi connectivity index (χ1n) is 11.9. The number of methoxy groups -OCH3 is 1. The van der Waals surface area contributed by atoms with Gasteiger partial charge in [0.05, 0.1) is 35.4 Å². The second kappa shape index (κ2) is 9.42. The molecule has 0 aliphatic rings. The zero-order chi connectivity index (χ0) is 26.3. The summed E-state index contributed by atoms with van der Waals surface area (Å²) in [5.74, 6) is 0.872. The van der Waals surface area contributed by atoms with Gasteiger partial charge in [0.1, 0.15) is 11.6 Å². The number of carbonyl (C=O) groups excluding carboxylic acids is 1. The van der Waals surface area contributed by atoms with Crippen molar-refractivity contribution < 1.29 is 14.6 Å². The molecule has 9 nitrogen and oxygen atoms in total. The van der Waals surface area contributed by atoms with E-state index in [2.05, 4.69) is 25.4 Å². The van der Waals surface area contributed by atoms with Crippen molar-refractivity contribution in [3.8, 4) is 34.1 Å². The van der Waals surface area contributed by atoms with Crippen molar-refractivity contribution in [2.75, 3.05) is 7.11 Å². The van der Waals surface area contributed by atoms with E-state index in [1.807, 2.05) is 50.7 Å². The number of fused-ring (bicyclic) bond motifs is 1. The maximum Gasteiger partial charge on any atom is 0.251 e. The summed E-state index contributed by atoms with van der Waals surface area (Å²) in [6, 6.07) is 14.1. The molecule has 5 aromatic rings. The van der Waals surface area contributed by atoms with E-state index in [1.165, 1.54) is 0 Å². The number of hydrogen-bond acceptors (Lipinski definition) is 6. The third kappa shape index (κ3) is 4.40. The molecule has 1 amide bonds. The SMILES string of the molecule is COc1ncccc1-c1ccc(O)c(-c2nc3ccc(C(=O)NC(C)c4c(C)nn(C)c4C)cc3[nH]2)c1. The van der Waals surface area contributed by atoms with Crippen LogP contribution in [0.5, 0.6) is 11.6 Å². The molecule has 0 saturated heterocycles. The Morgan fingerprint density at radius 1 is 1.14 bits per heavy atom. The van der Waals surface area contributed by atoms with Gasteiger partial charge in [0.2, 0.25) is 5.88 Å². The predicted molar refractivity (Wildman–Crippen MR) is 142 cm³/mol. The molecule has 0 aliphatic heterocycles. The summed E-state index contributed by atoms with van der Waals surface area (Å²) in [6.07, 6.45) is 1.66. The Bertz CT molecular complexity index is 1630. The number of phenols is 1. The molecule has 0 aliphatic carbocycles. The fourth-order valence-corrected chi connectivity index (χ4v) is 4.71. The highest BCUT2D eigenvalue weighted by Crippen LogP contribution is 2.35. The van der Waals surface area contributed by atoms with Gasteiger partial charge in [-0.15, -0.1) is 0 Å². The van der Waals surface area contributed by atoms with E-state index in [4.69, 9.17) is 4.74 Å². The van der Waals surface area contributed by atoms with Gasteiger partial charge in [0, 0.05) is 35.6 Å². The number of hydrogen-bond donors (Lipinski definition) is 3. The second-order valence-electron chi connectivity index (χ2n) is 9.01. The number of rotatable bonds is 6. The van der Waals surface area contributed by atoms with Crippen molar-refractivity contribution >= 4 is 16.9 Å². The zero-order valence-electron chi connectivity index (χ0n) is 21.3. The minimum Gasteiger partial charge on any atom is -0.507 e. The number of H-pyrrole nitrogens is 1. The lowest BCUT2D eigenvalue weighted by atomic mass is 10.0. The average Bonchev–Trinajstić information content (AvgIpc) is 3.42. The quantitative estimate of drug-likeness (QED) is 0.309. The number of amides is 1. The molecular formula is C28H28N6O3. The molecule has 0 spiro atoms. The molecule has 3 N–H and O–H groups in total. The van der Waals surface area contributed by atoms with E-state index >= 15 is 0 Å². The van der Waals surface area contributed by atoms with Gasteiger partial charge in [-0.05, 0) is 68.8 Å². The molecule has 37 heavy (non-hydrogen) atoms. The number of phenolic OH excluding ortho intramolecular Hbond substituents is 1. The first-order chi connectivity index (χ1) is 17.8. The topological polar surface area (TPSA) is 118 Å². The van der Waals surface area contributed by atoms with Crippen LogP contribution in [-0.4, -0.2) is 42.9 Å². The summed E-state index contributed by atoms with van der Waals surface area (Å²) < 4.78 is 7.21. The molecule has 0 fully saturated rings. The summed E-state index contributed by atoms with van der Waals surface area (Å²) in [6.45, 7) is 5.89. The number of nitrogens with zero attached hydrogens (tertiary/aromatic N) is 4. The van der Waals surface area contributed by atoms with Crippen LogP contribution in [0.1, 0.15) is 40.3 Å². The Morgan fingerprint density at radius 2 is 1.95 bits per heavy atom. The average molecular weight is 497 g/mol. The number of pyridine rings is 1. The molecule has 5 rings (SSSR count). The maximum atomic E-state index is 13.1. The molecule has 0 bridgehead atoms. The van der Waals surface area contributed by atoms with Crippen molar-refractivity contribution in [3.63, 3.8) is 0 Å². The summed E-state index contributed by atoms with van der Waals surface area (Å²) in [7, 11) is 3.46. The van der Waals surface area contributed by atoms with Gasteiger partial charge >= 0.3 is 0 Å². The minimum atomic E-state index is -0.196. The lowest BCUT2D eigenvalue weighted by molar-refractivity contribution is 0.0940. The van der Waals surface area contributed by atoms with Crippen LogP contribution in [0.2, 0.25) is 0 Å². The van der Waals surface area contributed by atoms with Gasteiger partial charge in [0.15, 0.2) is 0 Å². The lowest BCUT2D eigenvalue weighted by Crippen LogP contribution is -2.27. The molecule has 3 heterocycles. The molecule has 9 heteroatoms. The van der Waals surface area contributed by atoms with Crippen LogP contribution in [-0.2, 0) is 7.05 Å². The summed E-state index contributed by atoms with van der Waals surface area (Å²) in [5.41, 5.74) is 6.96. The first-order valence-corrected chi connectivity index (χ1v) is 11.9. The second-order valence-corrected chi connectivity index (χ2v) is 9.01. The third-order valence-corrected chi connectivity index (χ3v) is 6.62. The molecule has 0 radical (unpaired) electrons. The molecule has 2 aromatic carbocycles. The summed E-state index contributed by atoms with van der Waals surface area (Å²) in [4.78, 5) is 25.2. The number of ether oxygens (including phenoxy) is 1. The van der Waals surface area contributed by atoms with Crippen LogP contribution in [0.15, 0.2) is 54.7 Å². The van der Waals surface area contributed by atoms with Crippen molar-refractivity contribution in [2.24, 2.45) is 7.05 Å². The molecule has 1 unspecified atom stereocenters. The Kier molecular flexibility index (Phi) is 6.12.